The number of nitro groups is 2. The third-order valence-corrected chi connectivity index (χ3v) is 4.48. The van der Waals surface area contributed by atoms with Gasteiger partial charge in [0.25, 0.3) is 17.3 Å². The van der Waals surface area contributed by atoms with Gasteiger partial charge in [0.15, 0.2) is 0 Å². The zero-order chi connectivity index (χ0) is 23.1. The molecule has 0 aliphatic rings. The van der Waals surface area contributed by atoms with Gasteiger partial charge in [-0.2, -0.15) is 5.10 Å². The van der Waals surface area contributed by atoms with Crippen LogP contribution >= 0.6 is 0 Å². The number of amides is 1. The van der Waals surface area contributed by atoms with E-state index in [9.17, 15) is 25.0 Å². The molecule has 0 atom stereocenters. The van der Waals surface area contributed by atoms with Crippen LogP contribution in [0.3, 0.4) is 0 Å². The molecule has 3 aromatic carbocycles. The fraction of sp³-hybridized carbons (Fsp3) is 0.0909. The number of non-ortho nitro benzene ring substituents is 1. The maximum atomic E-state index is 12.1. The Kier molecular flexibility index (Phi) is 6.86. The highest BCUT2D eigenvalue weighted by atomic mass is 16.6. The number of rotatable bonds is 8. The minimum Gasteiger partial charge on any atom is -0.489 e. The highest BCUT2D eigenvalue weighted by Gasteiger charge is 2.14. The maximum absolute atomic E-state index is 12.1. The lowest BCUT2D eigenvalue weighted by Gasteiger charge is -2.06. The van der Waals surface area contributed by atoms with Crippen LogP contribution in [0.15, 0.2) is 71.8 Å². The topological polar surface area (TPSA) is 137 Å². The molecule has 0 heterocycles. The van der Waals surface area contributed by atoms with E-state index in [4.69, 9.17) is 4.74 Å². The Morgan fingerprint density at radius 3 is 2.31 bits per heavy atom. The van der Waals surface area contributed by atoms with Crippen LogP contribution in [0.5, 0.6) is 5.75 Å². The summed E-state index contributed by atoms with van der Waals surface area (Å²) in [6, 6.07) is 17.2. The van der Waals surface area contributed by atoms with E-state index in [1.165, 1.54) is 36.5 Å². The Morgan fingerprint density at radius 2 is 1.69 bits per heavy atom. The van der Waals surface area contributed by atoms with Gasteiger partial charge in [-0.15, -0.1) is 0 Å². The molecule has 0 radical (unpaired) electrons. The number of hydrogen-bond donors (Lipinski definition) is 1. The third kappa shape index (κ3) is 5.72. The van der Waals surface area contributed by atoms with Crippen molar-refractivity contribution in [1.82, 2.24) is 5.43 Å². The van der Waals surface area contributed by atoms with Crippen LogP contribution in [0.4, 0.5) is 11.4 Å². The van der Waals surface area contributed by atoms with Crippen LogP contribution in [0, 0.1) is 27.2 Å². The SMILES string of the molecule is Cc1ccc(C(=O)N/N=C\c2ccc(OCc3ccc([N+](=O)[O-])cc3)cc2)cc1[N+](=O)[O-]. The number of nitrogens with zero attached hydrogens (tertiary/aromatic N) is 3. The van der Waals surface area contributed by atoms with Gasteiger partial charge in [0.1, 0.15) is 12.4 Å². The van der Waals surface area contributed by atoms with E-state index in [2.05, 4.69) is 10.5 Å². The molecule has 0 saturated heterocycles. The molecule has 1 amide bonds. The van der Waals surface area contributed by atoms with Gasteiger partial charge in [-0.25, -0.2) is 5.43 Å². The van der Waals surface area contributed by atoms with Crippen molar-refractivity contribution >= 4 is 23.5 Å². The first kappa shape index (κ1) is 22.1. The number of nitro benzene ring substituents is 2. The summed E-state index contributed by atoms with van der Waals surface area (Å²) >= 11 is 0. The molecule has 3 rings (SSSR count). The zero-order valence-corrected chi connectivity index (χ0v) is 16.9. The van der Waals surface area contributed by atoms with Gasteiger partial charge in [0.05, 0.1) is 16.1 Å². The molecule has 3 aromatic rings. The summed E-state index contributed by atoms with van der Waals surface area (Å²) in [6.07, 6.45) is 1.43. The maximum Gasteiger partial charge on any atom is 0.273 e. The van der Waals surface area contributed by atoms with Gasteiger partial charge >= 0.3 is 0 Å². The summed E-state index contributed by atoms with van der Waals surface area (Å²) in [7, 11) is 0. The molecule has 0 aromatic heterocycles. The van der Waals surface area contributed by atoms with E-state index in [0.717, 1.165) is 5.56 Å². The molecule has 0 unspecified atom stereocenters. The molecule has 0 spiro atoms. The number of nitrogens with one attached hydrogen (secondary N) is 1. The lowest BCUT2D eigenvalue weighted by Crippen LogP contribution is -2.17. The molecule has 0 aliphatic carbocycles. The standard InChI is InChI=1S/C22H18N4O6/c1-15-2-7-18(12-21(15)26(30)31)22(27)24-23-13-16-5-10-20(11-6-16)32-14-17-3-8-19(9-4-17)25(28)29/h2-13H,14H2,1H3,(H,24,27)/b23-13-. The van der Waals surface area contributed by atoms with Crippen LogP contribution in [0.25, 0.3) is 0 Å². The first-order chi connectivity index (χ1) is 15.3. The van der Waals surface area contributed by atoms with Gasteiger partial charge < -0.3 is 4.74 Å². The van der Waals surface area contributed by atoms with Crippen LogP contribution in [-0.2, 0) is 6.61 Å². The number of carbonyl (C=O) groups is 1. The Morgan fingerprint density at radius 1 is 1.00 bits per heavy atom. The van der Waals surface area contributed by atoms with Gasteiger partial charge in [0, 0.05) is 29.3 Å². The van der Waals surface area contributed by atoms with Crippen molar-refractivity contribution in [1.29, 1.82) is 0 Å². The highest BCUT2D eigenvalue weighted by molar-refractivity contribution is 5.95. The fourth-order valence-electron chi connectivity index (χ4n) is 2.71. The average molecular weight is 434 g/mol. The average Bonchev–Trinajstić information content (AvgIpc) is 2.78. The summed E-state index contributed by atoms with van der Waals surface area (Å²) < 4.78 is 5.65. The van der Waals surface area contributed by atoms with Crippen molar-refractivity contribution in [2.75, 3.05) is 0 Å². The smallest absolute Gasteiger partial charge is 0.273 e. The number of aryl methyl sites for hydroxylation is 1. The number of benzene rings is 3. The number of ether oxygens (including phenoxy) is 1. The van der Waals surface area contributed by atoms with E-state index < -0.39 is 15.8 Å². The minimum atomic E-state index is -0.563. The summed E-state index contributed by atoms with van der Waals surface area (Å²) in [6.45, 7) is 1.85. The molecule has 1 N–H and O–H groups in total. The number of hydrazone groups is 1. The Bertz CT molecular complexity index is 1170. The second-order valence-electron chi connectivity index (χ2n) is 6.74. The number of carbonyl (C=O) groups excluding carboxylic acids is 1. The second-order valence-corrected chi connectivity index (χ2v) is 6.74. The van der Waals surface area contributed by atoms with Gasteiger partial charge in [-0.05, 0) is 60.5 Å². The Hall–Kier alpha value is -4.60. The van der Waals surface area contributed by atoms with Crippen molar-refractivity contribution in [3.63, 3.8) is 0 Å². The lowest BCUT2D eigenvalue weighted by molar-refractivity contribution is -0.385. The predicted molar refractivity (Wildman–Crippen MR) is 117 cm³/mol. The zero-order valence-electron chi connectivity index (χ0n) is 16.9. The van der Waals surface area contributed by atoms with Crippen molar-refractivity contribution in [2.24, 2.45) is 5.10 Å². The largest absolute Gasteiger partial charge is 0.489 e. The molecule has 0 saturated carbocycles. The highest BCUT2D eigenvalue weighted by Crippen LogP contribution is 2.19. The molecule has 0 fully saturated rings. The van der Waals surface area contributed by atoms with E-state index in [1.54, 1.807) is 43.3 Å². The van der Waals surface area contributed by atoms with Gasteiger partial charge in [0.2, 0.25) is 0 Å². The number of hydrogen-bond acceptors (Lipinski definition) is 7. The monoisotopic (exact) mass is 434 g/mol. The first-order valence-corrected chi connectivity index (χ1v) is 9.38. The van der Waals surface area contributed by atoms with E-state index in [1.807, 2.05) is 0 Å². The normalized spacial score (nSPS) is 10.7. The Balaban J connectivity index is 1.54. The second kappa shape index (κ2) is 9.94. The van der Waals surface area contributed by atoms with Crippen molar-refractivity contribution in [3.05, 3.63) is 109 Å². The van der Waals surface area contributed by atoms with Crippen molar-refractivity contribution in [2.45, 2.75) is 13.5 Å². The molecule has 10 nitrogen and oxygen atoms in total. The third-order valence-electron chi connectivity index (χ3n) is 4.48. The lowest BCUT2D eigenvalue weighted by atomic mass is 10.1. The Labute approximate surface area is 182 Å². The van der Waals surface area contributed by atoms with Crippen LogP contribution in [-0.4, -0.2) is 22.0 Å². The van der Waals surface area contributed by atoms with Crippen molar-refractivity contribution in [3.8, 4) is 5.75 Å². The van der Waals surface area contributed by atoms with Crippen LogP contribution in [0.1, 0.15) is 27.0 Å². The molecule has 32 heavy (non-hydrogen) atoms. The molecule has 0 bridgehead atoms. The van der Waals surface area contributed by atoms with Crippen LogP contribution < -0.4 is 10.2 Å². The molecule has 162 valence electrons. The van der Waals surface area contributed by atoms with E-state index in [-0.39, 0.29) is 23.5 Å². The quantitative estimate of drug-likeness (QED) is 0.321. The molecule has 0 aliphatic heterocycles. The van der Waals surface area contributed by atoms with E-state index >= 15 is 0 Å². The first-order valence-electron chi connectivity index (χ1n) is 9.38. The minimum absolute atomic E-state index is 0.0186. The summed E-state index contributed by atoms with van der Waals surface area (Å²) in [5.74, 6) is 0.0314. The summed E-state index contributed by atoms with van der Waals surface area (Å²) in [5.41, 5.74) is 4.31. The molecular weight excluding hydrogens is 416 g/mol. The molecule has 10 heteroatoms. The summed E-state index contributed by atoms with van der Waals surface area (Å²) in [4.78, 5) is 32.8. The van der Waals surface area contributed by atoms with Crippen LogP contribution in [0.2, 0.25) is 0 Å². The van der Waals surface area contributed by atoms with E-state index in [0.29, 0.717) is 16.9 Å². The van der Waals surface area contributed by atoms with Gasteiger partial charge in [-0.3, -0.25) is 25.0 Å². The van der Waals surface area contributed by atoms with Crippen molar-refractivity contribution < 1.29 is 19.4 Å². The predicted octanol–water partition coefficient (Wildman–Crippen LogP) is 4.15. The summed E-state index contributed by atoms with van der Waals surface area (Å²) in [5, 5.41) is 25.5. The van der Waals surface area contributed by atoms with Gasteiger partial charge in [-0.1, -0.05) is 6.07 Å². The molecular formula is C22H18N4O6. The fourth-order valence-corrected chi connectivity index (χ4v) is 2.71.